The molecule has 14 heavy (non-hydrogen) atoms. The Balaban J connectivity index is 3.45. The fourth-order valence-corrected chi connectivity index (χ4v) is 0.853. The van der Waals surface area contributed by atoms with Crippen LogP contribution in [0.3, 0.4) is 0 Å². The van der Waals surface area contributed by atoms with Crippen molar-refractivity contribution < 1.29 is 19.1 Å². The summed E-state index contributed by atoms with van der Waals surface area (Å²) in [5, 5.41) is 0. The number of halogens is 2. The van der Waals surface area contributed by atoms with Crippen LogP contribution in [0.4, 0.5) is 0 Å². The van der Waals surface area contributed by atoms with Gasteiger partial charge in [0.1, 0.15) is 0 Å². The first-order valence-electron chi connectivity index (χ1n) is 3.59. The van der Waals surface area contributed by atoms with Crippen LogP contribution in [0, 0.1) is 11.8 Å². The van der Waals surface area contributed by atoms with Gasteiger partial charge in [-0.25, -0.2) is 0 Å². The van der Waals surface area contributed by atoms with E-state index in [-0.39, 0.29) is 25.2 Å². The summed E-state index contributed by atoms with van der Waals surface area (Å²) in [7, 11) is 0. The number of esters is 2. The molecule has 0 N–H and O–H groups in total. The molecule has 0 rings (SSSR count). The fourth-order valence-electron chi connectivity index (χ4n) is 0.412. The summed E-state index contributed by atoms with van der Waals surface area (Å²) in [6, 6.07) is 0. The van der Waals surface area contributed by atoms with E-state index in [4.69, 9.17) is 0 Å². The molecule has 0 heterocycles. The van der Waals surface area contributed by atoms with Gasteiger partial charge in [0, 0.05) is 0 Å². The standard InChI is InChI=1S/C8H8I2O4/c9-5-7(11)13-3-1-2-4-14-8(12)6-10/h3-6H2. The SMILES string of the molecule is O=C(CI)OCC#CCOC(=O)CI. The number of ether oxygens (including phenoxy) is 2. The minimum Gasteiger partial charge on any atom is -0.452 e. The maximum absolute atomic E-state index is 10.6. The van der Waals surface area contributed by atoms with E-state index in [1.807, 2.05) is 45.2 Å². The summed E-state index contributed by atoms with van der Waals surface area (Å²) < 4.78 is 9.94. The molecular weight excluding hydrogens is 414 g/mol. The van der Waals surface area contributed by atoms with Crippen molar-refractivity contribution in [3.63, 3.8) is 0 Å². The maximum Gasteiger partial charge on any atom is 0.316 e. The fraction of sp³-hybridized carbons (Fsp3) is 0.500. The minimum atomic E-state index is -0.302. The molecule has 0 aliphatic heterocycles. The number of rotatable bonds is 4. The first-order chi connectivity index (χ1) is 6.70. The topological polar surface area (TPSA) is 52.6 Å². The van der Waals surface area contributed by atoms with Crippen molar-refractivity contribution in [2.24, 2.45) is 0 Å². The third kappa shape index (κ3) is 8.55. The van der Waals surface area contributed by atoms with Gasteiger partial charge in [0.2, 0.25) is 0 Å². The summed E-state index contributed by atoms with van der Waals surface area (Å²) in [6.45, 7) is 0.0905. The van der Waals surface area contributed by atoms with Gasteiger partial charge in [-0.15, -0.1) is 0 Å². The lowest BCUT2D eigenvalue weighted by molar-refractivity contribution is -0.139. The van der Waals surface area contributed by atoms with E-state index in [2.05, 4.69) is 21.3 Å². The van der Waals surface area contributed by atoms with E-state index in [1.165, 1.54) is 0 Å². The van der Waals surface area contributed by atoms with Crippen LogP contribution < -0.4 is 0 Å². The van der Waals surface area contributed by atoms with Gasteiger partial charge in [0.05, 0.1) is 8.86 Å². The molecule has 0 aromatic carbocycles. The van der Waals surface area contributed by atoms with Crippen molar-refractivity contribution in [3.05, 3.63) is 0 Å². The van der Waals surface area contributed by atoms with E-state index in [0.29, 0.717) is 8.86 Å². The molecule has 0 aliphatic rings. The first kappa shape index (κ1) is 14.0. The molecule has 0 amide bonds. The molecule has 78 valence electrons. The zero-order chi connectivity index (χ0) is 10.8. The van der Waals surface area contributed by atoms with Crippen LogP contribution >= 0.6 is 45.2 Å². The van der Waals surface area contributed by atoms with Crippen LogP contribution in [0.2, 0.25) is 0 Å². The second-order valence-electron chi connectivity index (χ2n) is 1.94. The van der Waals surface area contributed by atoms with Crippen molar-refractivity contribution in [1.82, 2.24) is 0 Å². The average Bonchev–Trinajstić information content (AvgIpc) is 2.22. The molecule has 0 radical (unpaired) electrons. The minimum absolute atomic E-state index is 0.0453. The van der Waals surface area contributed by atoms with Crippen molar-refractivity contribution in [2.45, 2.75) is 0 Å². The predicted octanol–water partition coefficient (Wildman–Crippen LogP) is 0.946. The second kappa shape index (κ2) is 9.51. The lowest BCUT2D eigenvalue weighted by atomic mass is 10.6. The second-order valence-corrected chi connectivity index (χ2v) is 3.47. The molecule has 0 aliphatic carbocycles. The zero-order valence-electron chi connectivity index (χ0n) is 7.22. The number of hydrogen-bond acceptors (Lipinski definition) is 4. The van der Waals surface area contributed by atoms with Gasteiger partial charge in [-0.1, -0.05) is 57.0 Å². The highest BCUT2D eigenvalue weighted by molar-refractivity contribution is 14.1. The Morgan fingerprint density at radius 3 is 1.57 bits per heavy atom. The highest BCUT2D eigenvalue weighted by Gasteiger charge is 1.96. The normalized spacial score (nSPS) is 8.43. The Bertz CT molecular complexity index is 230. The Labute approximate surface area is 109 Å². The van der Waals surface area contributed by atoms with Crippen molar-refractivity contribution in [1.29, 1.82) is 0 Å². The molecule has 0 saturated heterocycles. The number of alkyl halides is 2. The van der Waals surface area contributed by atoms with Crippen LogP contribution in [0.5, 0.6) is 0 Å². The van der Waals surface area contributed by atoms with Crippen LogP contribution in [-0.4, -0.2) is 34.0 Å². The van der Waals surface area contributed by atoms with Crippen molar-refractivity contribution >= 4 is 57.1 Å². The first-order valence-corrected chi connectivity index (χ1v) is 6.64. The Kier molecular flexibility index (Phi) is 9.49. The van der Waals surface area contributed by atoms with Gasteiger partial charge in [0.15, 0.2) is 13.2 Å². The largest absolute Gasteiger partial charge is 0.452 e. The third-order valence-electron chi connectivity index (χ3n) is 0.954. The molecular formula is C8H8I2O4. The van der Waals surface area contributed by atoms with E-state index < -0.39 is 0 Å². The van der Waals surface area contributed by atoms with E-state index in [0.717, 1.165) is 0 Å². The molecule has 4 nitrogen and oxygen atoms in total. The van der Waals surface area contributed by atoms with E-state index >= 15 is 0 Å². The lowest BCUT2D eigenvalue weighted by Gasteiger charge is -1.95. The predicted molar refractivity (Wildman–Crippen MR) is 67.5 cm³/mol. The summed E-state index contributed by atoms with van der Waals surface area (Å²) in [6.07, 6.45) is 0. The van der Waals surface area contributed by atoms with Gasteiger partial charge in [-0.05, 0) is 0 Å². The monoisotopic (exact) mass is 422 g/mol. The number of carbonyl (C=O) groups excluding carboxylic acids is 2. The number of hydrogen-bond donors (Lipinski definition) is 0. The van der Waals surface area contributed by atoms with Gasteiger partial charge in [0.25, 0.3) is 0 Å². The highest BCUT2D eigenvalue weighted by Crippen LogP contribution is 1.86. The van der Waals surface area contributed by atoms with Gasteiger partial charge >= 0.3 is 11.9 Å². The van der Waals surface area contributed by atoms with E-state index in [9.17, 15) is 9.59 Å². The summed E-state index contributed by atoms with van der Waals surface area (Å²) in [4.78, 5) is 21.2. The molecule has 0 unspecified atom stereocenters. The van der Waals surface area contributed by atoms with Gasteiger partial charge < -0.3 is 9.47 Å². The molecule has 0 atom stereocenters. The molecule has 0 aromatic heterocycles. The molecule has 0 spiro atoms. The van der Waals surface area contributed by atoms with Crippen LogP contribution in [-0.2, 0) is 19.1 Å². The Hall–Kier alpha value is -0.0400. The maximum atomic E-state index is 10.6. The van der Waals surface area contributed by atoms with Gasteiger partial charge in [-0.3, -0.25) is 9.59 Å². The molecule has 0 bridgehead atoms. The quantitative estimate of drug-likeness (QED) is 0.293. The third-order valence-corrected chi connectivity index (χ3v) is 2.20. The summed E-state index contributed by atoms with van der Waals surface area (Å²) in [5.74, 6) is 4.50. The number of carbonyl (C=O) groups is 2. The molecule has 0 saturated carbocycles. The highest BCUT2D eigenvalue weighted by atomic mass is 127. The van der Waals surface area contributed by atoms with Crippen molar-refractivity contribution in [2.75, 3.05) is 22.1 Å². The zero-order valence-corrected chi connectivity index (χ0v) is 11.5. The molecule has 6 heteroatoms. The molecule has 0 aromatic rings. The van der Waals surface area contributed by atoms with E-state index in [1.54, 1.807) is 0 Å². The molecule has 0 fully saturated rings. The Morgan fingerprint density at radius 2 is 1.29 bits per heavy atom. The summed E-state index contributed by atoms with van der Waals surface area (Å²) >= 11 is 3.81. The lowest BCUT2D eigenvalue weighted by Crippen LogP contribution is -2.06. The van der Waals surface area contributed by atoms with Crippen molar-refractivity contribution in [3.8, 4) is 11.8 Å². The van der Waals surface area contributed by atoms with Crippen LogP contribution in [0.25, 0.3) is 0 Å². The smallest absolute Gasteiger partial charge is 0.316 e. The van der Waals surface area contributed by atoms with Crippen LogP contribution in [0.15, 0.2) is 0 Å². The van der Waals surface area contributed by atoms with Gasteiger partial charge in [-0.2, -0.15) is 0 Å². The Morgan fingerprint density at radius 1 is 0.929 bits per heavy atom. The van der Waals surface area contributed by atoms with Crippen LogP contribution in [0.1, 0.15) is 0 Å². The average molecular weight is 422 g/mol. The summed E-state index contributed by atoms with van der Waals surface area (Å²) in [5.41, 5.74) is 0.